The van der Waals surface area contributed by atoms with E-state index in [1.165, 1.54) is 0 Å². The second kappa shape index (κ2) is 4.34. The number of rotatable bonds is 3. The largest absolute Gasteiger partial charge is 0.465 e. The maximum atomic E-state index is 10.6. The Labute approximate surface area is 66.4 Å². The van der Waals surface area contributed by atoms with Gasteiger partial charge in [-0.2, -0.15) is 0 Å². The van der Waals surface area contributed by atoms with Crippen LogP contribution in [0.5, 0.6) is 0 Å². The molecule has 0 aromatic heterocycles. The lowest BCUT2D eigenvalue weighted by Crippen LogP contribution is -2.21. The maximum Gasteiger partial charge on any atom is 0.305 e. The predicted octanol–water partition coefficient (Wildman–Crippen LogP) is 0.712. The molecule has 0 aliphatic carbocycles. The van der Waals surface area contributed by atoms with Crippen molar-refractivity contribution in [3.05, 3.63) is 0 Å². The second-order valence-corrected chi connectivity index (χ2v) is 2.95. The Bertz CT molecular complexity index is 123. The van der Waals surface area contributed by atoms with Crippen LogP contribution in [0.4, 0.5) is 0 Å². The van der Waals surface area contributed by atoms with Gasteiger partial charge in [0.15, 0.2) is 0 Å². The molecule has 1 saturated heterocycles. The number of esters is 1. The van der Waals surface area contributed by atoms with E-state index in [4.69, 9.17) is 9.84 Å². The highest BCUT2D eigenvalue weighted by molar-refractivity contribution is 5.69. The molecule has 64 valence electrons. The van der Waals surface area contributed by atoms with E-state index in [-0.39, 0.29) is 12.6 Å². The van der Waals surface area contributed by atoms with Gasteiger partial charge in [-0.3, -0.25) is 4.79 Å². The zero-order valence-corrected chi connectivity index (χ0v) is 6.58. The van der Waals surface area contributed by atoms with Crippen molar-refractivity contribution in [1.82, 2.24) is 0 Å². The van der Waals surface area contributed by atoms with Crippen molar-refractivity contribution < 1.29 is 14.6 Å². The minimum atomic E-state index is -0.0785. The number of hydrogen-bond acceptors (Lipinski definition) is 3. The van der Waals surface area contributed by atoms with Crippen LogP contribution >= 0.6 is 0 Å². The lowest BCUT2D eigenvalue weighted by molar-refractivity contribution is -0.149. The van der Waals surface area contributed by atoms with Gasteiger partial charge < -0.3 is 9.84 Å². The first kappa shape index (κ1) is 8.53. The van der Waals surface area contributed by atoms with E-state index in [1.807, 2.05) is 0 Å². The second-order valence-electron chi connectivity index (χ2n) is 2.95. The molecule has 1 atom stereocenters. The fraction of sp³-hybridized carbons (Fsp3) is 0.875. The maximum absolute atomic E-state index is 10.6. The molecule has 0 aromatic rings. The lowest BCUT2D eigenvalue weighted by atomic mass is 9.97. The molecule has 0 spiro atoms. The third kappa shape index (κ3) is 2.89. The molecule has 1 aliphatic rings. The summed E-state index contributed by atoms with van der Waals surface area (Å²) in [6.07, 6.45) is 3.28. The number of aliphatic hydroxyl groups is 1. The highest BCUT2D eigenvalue weighted by atomic mass is 16.5. The third-order valence-electron chi connectivity index (χ3n) is 2.01. The summed E-state index contributed by atoms with van der Waals surface area (Å²) in [6.45, 7) is 0.795. The Morgan fingerprint density at radius 2 is 2.45 bits per heavy atom. The molecule has 1 aliphatic heterocycles. The van der Waals surface area contributed by atoms with Crippen LogP contribution in [0.1, 0.15) is 25.7 Å². The molecule has 0 unspecified atom stereocenters. The molecule has 3 heteroatoms. The average molecular weight is 158 g/mol. The third-order valence-corrected chi connectivity index (χ3v) is 2.01. The summed E-state index contributed by atoms with van der Waals surface area (Å²) in [5.41, 5.74) is 0. The average Bonchev–Trinajstić information content (AvgIpc) is 2.04. The summed E-state index contributed by atoms with van der Waals surface area (Å²) in [4.78, 5) is 10.6. The standard InChI is InChI=1S/C8H14O3/c9-5-1-2-7-3-4-8(10)11-6-7/h7,9H,1-6H2/t7-/m1/s1. The first-order valence-electron chi connectivity index (χ1n) is 4.09. The minimum absolute atomic E-state index is 0.0785. The van der Waals surface area contributed by atoms with Crippen molar-refractivity contribution in [2.24, 2.45) is 5.92 Å². The van der Waals surface area contributed by atoms with E-state index in [1.54, 1.807) is 0 Å². The van der Waals surface area contributed by atoms with Crippen LogP contribution in [-0.2, 0) is 9.53 Å². The van der Waals surface area contributed by atoms with E-state index in [9.17, 15) is 4.79 Å². The molecule has 3 nitrogen and oxygen atoms in total. The quantitative estimate of drug-likeness (QED) is 0.615. The molecule has 11 heavy (non-hydrogen) atoms. The molecule has 1 N–H and O–H groups in total. The van der Waals surface area contributed by atoms with Crippen molar-refractivity contribution in [2.75, 3.05) is 13.2 Å². The van der Waals surface area contributed by atoms with Gasteiger partial charge in [-0.05, 0) is 25.2 Å². The number of aliphatic hydroxyl groups excluding tert-OH is 1. The summed E-state index contributed by atoms with van der Waals surface area (Å²) in [5, 5.41) is 8.54. The van der Waals surface area contributed by atoms with Gasteiger partial charge in [-0.1, -0.05) is 0 Å². The molecule has 0 saturated carbocycles. The highest BCUT2D eigenvalue weighted by Gasteiger charge is 2.18. The molecule has 0 bridgehead atoms. The number of ether oxygens (including phenoxy) is 1. The van der Waals surface area contributed by atoms with Crippen LogP contribution in [0.15, 0.2) is 0 Å². The Kier molecular flexibility index (Phi) is 3.36. The van der Waals surface area contributed by atoms with Gasteiger partial charge in [0.05, 0.1) is 6.61 Å². The van der Waals surface area contributed by atoms with Crippen molar-refractivity contribution in [3.63, 3.8) is 0 Å². The van der Waals surface area contributed by atoms with Crippen molar-refractivity contribution >= 4 is 5.97 Å². The molecule has 0 amide bonds. The zero-order chi connectivity index (χ0) is 8.10. The zero-order valence-electron chi connectivity index (χ0n) is 6.58. The fourth-order valence-electron chi connectivity index (χ4n) is 1.30. The van der Waals surface area contributed by atoms with Crippen molar-refractivity contribution in [2.45, 2.75) is 25.7 Å². The Balaban J connectivity index is 2.12. The van der Waals surface area contributed by atoms with Gasteiger partial charge in [-0.15, -0.1) is 0 Å². The predicted molar refractivity (Wildman–Crippen MR) is 40.0 cm³/mol. The van der Waals surface area contributed by atoms with Gasteiger partial charge in [0.25, 0.3) is 0 Å². The molecular weight excluding hydrogens is 144 g/mol. The van der Waals surface area contributed by atoms with Gasteiger partial charge in [0, 0.05) is 13.0 Å². The van der Waals surface area contributed by atoms with Crippen molar-refractivity contribution in [1.29, 1.82) is 0 Å². The van der Waals surface area contributed by atoms with Gasteiger partial charge in [-0.25, -0.2) is 0 Å². The van der Waals surface area contributed by atoms with Crippen LogP contribution < -0.4 is 0 Å². The summed E-state index contributed by atoms with van der Waals surface area (Å²) in [5.74, 6) is 0.407. The Morgan fingerprint density at radius 3 is 3.00 bits per heavy atom. The number of carbonyl (C=O) groups excluding carboxylic acids is 1. The van der Waals surface area contributed by atoms with E-state index in [0.29, 0.717) is 18.9 Å². The Hall–Kier alpha value is -0.570. The van der Waals surface area contributed by atoms with E-state index < -0.39 is 0 Å². The fourth-order valence-corrected chi connectivity index (χ4v) is 1.30. The van der Waals surface area contributed by atoms with Gasteiger partial charge in [0.2, 0.25) is 0 Å². The number of cyclic esters (lactones) is 1. The molecular formula is C8H14O3. The number of hydrogen-bond donors (Lipinski definition) is 1. The Morgan fingerprint density at radius 1 is 1.64 bits per heavy atom. The van der Waals surface area contributed by atoms with Crippen LogP contribution in [0.2, 0.25) is 0 Å². The normalized spacial score (nSPS) is 24.8. The number of carbonyl (C=O) groups is 1. The smallest absolute Gasteiger partial charge is 0.305 e. The first-order valence-corrected chi connectivity index (χ1v) is 4.09. The lowest BCUT2D eigenvalue weighted by Gasteiger charge is -2.20. The highest BCUT2D eigenvalue weighted by Crippen LogP contribution is 2.18. The van der Waals surface area contributed by atoms with E-state index in [2.05, 4.69) is 0 Å². The minimum Gasteiger partial charge on any atom is -0.465 e. The topological polar surface area (TPSA) is 46.5 Å². The molecule has 0 aromatic carbocycles. The SMILES string of the molecule is O=C1CC[C@@H](CCCO)CO1. The summed E-state index contributed by atoms with van der Waals surface area (Å²) in [6, 6.07) is 0. The van der Waals surface area contributed by atoms with Crippen LogP contribution in [0.3, 0.4) is 0 Å². The summed E-state index contributed by atoms with van der Waals surface area (Å²) < 4.78 is 4.87. The molecule has 0 radical (unpaired) electrons. The van der Waals surface area contributed by atoms with Crippen LogP contribution in [-0.4, -0.2) is 24.3 Å². The summed E-state index contributed by atoms with van der Waals surface area (Å²) >= 11 is 0. The van der Waals surface area contributed by atoms with Crippen molar-refractivity contribution in [3.8, 4) is 0 Å². The monoisotopic (exact) mass is 158 g/mol. The van der Waals surface area contributed by atoms with E-state index >= 15 is 0 Å². The first-order chi connectivity index (χ1) is 5.33. The van der Waals surface area contributed by atoms with Crippen LogP contribution in [0, 0.1) is 5.92 Å². The molecule has 1 fully saturated rings. The van der Waals surface area contributed by atoms with E-state index in [0.717, 1.165) is 19.3 Å². The summed E-state index contributed by atoms with van der Waals surface area (Å²) in [7, 11) is 0. The molecule has 1 rings (SSSR count). The molecule has 1 heterocycles. The van der Waals surface area contributed by atoms with Gasteiger partial charge in [0.1, 0.15) is 0 Å². The van der Waals surface area contributed by atoms with Crippen LogP contribution in [0.25, 0.3) is 0 Å². The van der Waals surface area contributed by atoms with Gasteiger partial charge >= 0.3 is 5.97 Å².